The van der Waals surface area contributed by atoms with Gasteiger partial charge in [-0.2, -0.15) is 0 Å². The summed E-state index contributed by atoms with van der Waals surface area (Å²) in [5.74, 6) is 0.649. The monoisotopic (exact) mass is 437 g/mol. The summed E-state index contributed by atoms with van der Waals surface area (Å²) in [5.41, 5.74) is 2.49. The lowest BCUT2D eigenvalue weighted by Gasteiger charge is -2.29. The highest BCUT2D eigenvalue weighted by atomic mass is 31.0. The fraction of sp³-hybridized carbons (Fsp3) is 0.769. The van der Waals surface area contributed by atoms with Crippen LogP contribution in [0.5, 0.6) is 0 Å². The van der Waals surface area contributed by atoms with Crippen LogP contribution in [0.1, 0.15) is 65.4 Å². The first-order chi connectivity index (χ1) is 14.0. The highest BCUT2D eigenvalue weighted by Gasteiger charge is 2.22. The molecule has 0 N–H and O–H groups in total. The maximum absolute atomic E-state index is 2.95. The smallest absolute Gasteiger partial charge is 0.000666 e. The zero-order valence-electron chi connectivity index (χ0n) is 21.6. The summed E-state index contributed by atoms with van der Waals surface area (Å²) in [5, 5.41) is 0. The highest BCUT2D eigenvalue weighted by molar-refractivity contribution is 7.17. The first-order valence-corrected chi connectivity index (χ1v) is 12.4. The summed E-state index contributed by atoms with van der Waals surface area (Å²) in [6, 6.07) is 10.9. The summed E-state index contributed by atoms with van der Waals surface area (Å²) >= 11 is 0. The van der Waals surface area contributed by atoms with E-state index in [4.69, 9.17) is 0 Å². The predicted molar refractivity (Wildman–Crippen MR) is 141 cm³/mol. The van der Waals surface area contributed by atoms with Crippen LogP contribution in [0.4, 0.5) is 0 Å². The Kier molecular flexibility index (Phi) is 15.9. The fourth-order valence-electron chi connectivity index (χ4n) is 3.62. The molecule has 0 amide bonds. The quantitative estimate of drug-likeness (QED) is 0.389. The van der Waals surface area contributed by atoms with Crippen molar-refractivity contribution in [3.05, 3.63) is 35.9 Å². The normalized spacial score (nSPS) is 14.0. The summed E-state index contributed by atoms with van der Waals surface area (Å²) in [6.07, 6.45) is 3.80. The van der Waals surface area contributed by atoms with Crippen LogP contribution in [-0.4, -0.2) is 81.3 Å². The molecule has 0 fully saturated rings. The largest absolute Gasteiger partial charge is 0.309 e. The average Bonchev–Trinajstić information content (AvgIpc) is 2.64. The molecule has 1 aromatic carbocycles. The van der Waals surface area contributed by atoms with Crippen LogP contribution < -0.4 is 0 Å². The lowest BCUT2D eigenvalue weighted by molar-refractivity contribution is 0.251. The van der Waals surface area contributed by atoms with E-state index in [-0.39, 0.29) is 0 Å². The van der Waals surface area contributed by atoms with E-state index in [1.807, 2.05) is 0 Å². The van der Waals surface area contributed by atoms with Crippen molar-refractivity contribution in [2.24, 2.45) is 5.41 Å². The van der Waals surface area contributed by atoms with Gasteiger partial charge in [-0.25, -0.2) is 0 Å². The van der Waals surface area contributed by atoms with E-state index in [9.17, 15) is 0 Å². The molecule has 0 bridgehead atoms. The second kappa shape index (κ2) is 16.2. The number of rotatable bonds is 12. The number of hydrogen-bond donors (Lipinski definition) is 0. The summed E-state index contributed by atoms with van der Waals surface area (Å²) in [7, 11) is 11.5. The van der Waals surface area contributed by atoms with Crippen molar-refractivity contribution < 1.29 is 0 Å². The first kappa shape index (κ1) is 29.5. The molecule has 0 saturated heterocycles. The van der Waals surface area contributed by atoms with Crippen molar-refractivity contribution in [2.75, 3.05) is 60.9 Å². The number of benzene rings is 1. The van der Waals surface area contributed by atoms with Crippen molar-refractivity contribution in [1.82, 2.24) is 14.7 Å². The van der Waals surface area contributed by atoms with Gasteiger partial charge in [0.25, 0.3) is 0 Å². The Labute approximate surface area is 191 Å². The van der Waals surface area contributed by atoms with E-state index in [2.05, 4.69) is 117 Å². The Morgan fingerprint density at radius 2 is 1.30 bits per heavy atom. The Bertz CT molecular complexity index is 495. The Hall–Kier alpha value is -0.470. The molecule has 1 rings (SSSR count). The van der Waals surface area contributed by atoms with Crippen molar-refractivity contribution in [3.8, 4) is 0 Å². The third-order valence-corrected chi connectivity index (χ3v) is 5.77. The van der Waals surface area contributed by atoms with Crippen LogP contribution in [0, 0.1) is 5.41 Å². The summed E-state index contributed by atoms with van der Waals surface area (Å²) in [6.45, 7) is 17.5. The number of nitrogens with zero attached hydrogens (tertiary/aromatic N) is 3. The molecule has 0 aliphatic carbocycles. The van der Waals surface area contributed by atoms with Crippen molar-refractivity contribution in [3.63, 3.8) is 0 Å². The second-order valence-electron chi connectivity index (χ2n) is 10.4. The lowest BCUT2D eigenvalue weighted by atomic mass is 9.80. The lowest BCUT2D eigenvalue weighted by Crippen LogP contribution is -2.30. The van der Waals surface area contributed by atoms with Crippen molar-refractivity contribution in [1.29, 1.82) is 0 Å². The molecule has 1 aromatic rings. The maximum Gasteiger partial charge on any atom is -0.000666 e. The standard InChI is InChI=1S/C14H23P.C12H29N3/c1-11(15)13(10-14(2,3)4)12-8-6-5-7-9-12;1-6-15(11-7-9-13(2)3)12-8-10-14(4)5/h5-9,11,13H,10,15H2,1-4H3;6-12H2,1-5H3. The van der Waals surface area contributed by atoms with Gasteiger partial charge >= 0.3 is 0 Å². The van der Waals surface area contributed by atoms with Gasteiger partial charge in [-0.05, 0) is 103 Å². The minimum absolute atomic E-state index is 0.394. The summed E-state index contributed by atoms with van der Waals surface area (Å²) < 4.78 is 0. The Balaban J connectivity index is 0.000000561. The maximum atomic E-state index is 2.95. The molecule has 4 heteroatoms. The minimum atomic E-state index is 0.394. The van der Waals surface area contributed by atoms with Gasteiger partial charge in [0.05, 0.1) is 0 Å². The van der Waals surface area contributed by atoms with E-state index in [1.54, 1.807) is 0 Å². The zero-order valence-corrected chi connectivity index (χ0v) is 22.8. The first-order valence-electron chi connectivity index (χ1n) is 11.8. The summed E-state index contributed by atoms with van der Waals surface area (Å²) in [4.78, 5) is 7.06. The molecule has 3 unspecified atom stereocenters. The second-order valence-corrected chi connectivity index (χ2v) is 11.4. The van der Waals surface area contributed by atoms with Crippen molar-refractivity contribution in [2.45, 2.75) is 65.5 Å². The van der Waals surface area contributed by atoms with Crippen LogP contribution in [0.25, 0.3) is 0 Å². The van der Waals surface area contributed by atoms with E-state index < -0.39 is 0 Å². The van der Waals surface area contributed by atoms with Crippen LogP contribution in [-0.2, 0) is 0 Å². The average molecular weight is 438 g/mol. The van der Waals surface area contributed by atoms with Gasteiger partial charge < -0.3 is 14.7 Å². The highest BCUT2D eigenvalue weighted by Crippen LogP contribution is 2.36. The van der Waals surface area contributed by atoms with Gasteiger partial charge in [0, 0.05) is 0 Å². The van der Waals surface area contributed by atoms with E-state index in [1.165, 1.54) is 57.5 Å². The molecular formula is C26H52N3P. The third kappa shape index (κ3) is 16.3. The molecule has 0 aliphatic rings. The molecule has 0 heterocycles. The molecule has 0 spiro atoms. The van der Waals surface area contributed by atoms with Crippen LogP contribution in [0.3, 0.4) is 0 Å². The molecule has 0 saturated carbocycles. The van der Waals surface area contributed by atoms with Gasteiger partial charge in [-0.1, -0.05) is 65.0 Å². The van der Waals surface area contributed by atoms with E-state index in [0.717, 1.165) is 0 Å². The van der Waals surface area contributed by atoms with Crippen LogP contribution in [0.15, 0.2) is 30.3 Å². The van der Waals surface area contributed by atoms with E-state index >= 15 is 0 Å². The molecule has 30 heavy (non-hydrogen) atoms. The predicted octanol–water partition coefficient (Wildman–Crippen LogP) is 5.68. The van der Waals surface area contributed by atoms with Crippen LogP contribution in [0.2, 0.25) is 0 Å². The topological polar surface area (TPSA) is 9.72 Å². The van der Waals surface area contributed by atoms with Gasteiger partial charge in [-0.3, -0.25) is 0 Å². The van der Waals surface area contributed by atoms with Gasteiger partial charge in [0.1, 0.15) is 0 Å². The van der Waals surface area contributed by atoms with Gasteiger partial charge in [-0.15, -0.1) is 9.24 Å². The zero-order chi connectivity index (χ0) is 23.2. The van der Waals surface area contributed by atoms with Crippen LogP contribution >= 0.6 is 9.24 Å². The number of hydrogen-bond acceptors (Lipinski definition) is 3. The molecule has 0 aliphatic heterocycles. The molecule has 3 nitrogen and oxygen atoms in total. The third-order valence-electron chi connectivity index (χ3n) is 5.30. The minimum Gasteiger partial charge on any atom is -0.309 e. The van der Waals surface area contributed by atoms with Gasteiger partial charge in [0.2, 0.25) is 0 Å². The van der Waals surface area contributed by atoms with Gasteiger partial charge in [0.15, 0.2) is 0 Å². The SMILES string of the molecule is CC(P)C(CC(C)(C)C)c1ccccc1.CCN(CCCN(C)C)CCCN(C)C. The Morgan fingerprint density at radius 3 is 1.63 bits per heavy atom. The molecular weight excluding hydrogens is 385 g/mol. The molecule has 176 valence electrons. The Morgan fingerprint density at radius 1 is 0.833 bits per heavy atom. The molecule has 3 atom stereocenters. The fourth-order valence-corrected chi connectivity index (χ4v) is 3.97. The van der Waals surface area contributed by atoms with Crippen molar-refractivity contribution >= 4 is 9.24 Å². The van der Waals surface area contributed by atoms with E-state index in [0.29, 0.717) is 17.0 Å². The molecule has 0 aromatic heterocycles. The molecule has 0 radical (unpaired) electrons.